The summed E-state index contributed by atoms with van der Waals surface area (Å²) < 4.78 is 10.6. The lowest BCUT2D eigenvalue weighted by Crippen LogP contribution is -2.07. The first-order valence-corrected chi connectivity index (χ1v) is 12.5. The van der Waals surface area contributed by atoms with Crippen molar-refractivity contribution in [1.82, 2.24) is 0 Å². The van der Waals surface area contributed by atoms with Crippen molar-refractivity contribution in [2.24, 2.45) is 0 Å². The van der Waals surface area contributed by atoms with Crippen molar-refractivity contribution in [3.05, 3.63) is 52.4 Å². The van der Waals surface area contributed by atoms with Crippen molar-refractivity contribution in [2.45, 2.75) is 104 Å². The maximum Gasteiger partial charge on any atom is 0.336 e. The highest BCUT2D eigenvalue weighted by Gasteiger charge is 2.08. The molecular weight excluding hydrogens is 400 g/mol. The molecule has 1 aromatic carbocycles. The van der Waals surface area contributed by atoms with Crippen LogP contribution in [0.1, 0.15) is 102 Å². The van der Waals surface area contributed by atoms with Gasteiger partial charge in [-0.05, 0) is 56.7 Å². The lowest BCUT2D eigenvalue weighted by Gasteiger charge is -2.06. The molecule has 0 unspecified atom stereocenters. The molecule has 0 bridgehead atoms. The Morgan fingerprint density at radius 1 is 0.875 bits per heavy atom. The second-order valence-corrected chi connectivity index (χ2v) is 8.71. The van der Waals surface area contributed by atoms with Gasteiger partial charge in [0, 0.05) is 23.9 Å². The predicted octanol–water partition coefficient (Wildman–Crippen LogP) is 8.04. The van der Waals surface area contributed by atoms with Gasteiger partial charge in [0.1, 0.15) is 11.3 Å². The lowest BCUT2D eigenvalue weighted by atomic mass is 10.1. The standard InChI is InChI=1S/C28H40O4/c1-3-4-5-6-7-8-9-10-11-12-13-14-15-16-17-18-27(29)31-24-19-20-25-23(2)21-28(30)32-26(25)22-24/h10-11,19-22H,3-9,12-18H2,1-2H3/b11-10+. The summed E-state index contributed by atoms with van der Waals surface area (Å²) in [6.45, 7) is 4.12. The van der Waals surface area contributed by atoms with Gasteiger partial charge in [0.2, 0.25) is 0 Å². The first kappa shape index (κ1) is 25.9. The molecule has 0 fully saturated rings. The molecule has 2 aromatic rings. The Morgan fingerprint density at radius 2 is 1.50 bits per heavy atom. The third-order valence-corrected chi connectivity index (χ3v) is 5.80. The monoisotopic (exact) mass is 440 g/mol. The number of carbonyl (C=O) groups excluding carboxylic acids is 1. The van der Waals surface area contributed by atoms with Crippen LogP contribution in [0.5, 0.6) is 5.75 Å². The Labute approximate surface area is 193 Å². The first-order chi connectivity index (χ1) is 15.6. The molecule has 32 heavy (non-hydrogen) atoms. The normalized spacial score (nSPS) is 11.4. The van der Waals surface area contributed by atoms with Crippen molar-refractivity contribution in [3.63, 3.8) is 0 Å². The molecule has 4 heteroatoms. The van der Waals surface area contributed by atoms with Crippen molar-refractivity contribution in [2.75, 3.05) is 0 Å². The van der Waals surface area contributed by atoms with E-state index in [0.29, 0.717) is 17.8 Å². The fraction of sp³-hybridized carbons (Fsp3) is 0.571. The van der Waals surface area contributed by atoms with Crippen LogP contribution in [0.15, 0.2) is 45.6 Å². The molecule has 0 spiro atoms. The quantitative estimate of drug-likeness (QED) is 0.0871. The molecule has 0 amide bonds. The fourth-order valence-electron chi connectivity index (χ4n) is 3.89. The van der Waals surface area contributed by atoms with E-state index in [-0.39, 0.29) is 5.97 Å². The van der Waals surface area contributed by atoms with E-state index in [1.807, 2.05) is 13.0 Å². The van der Waals surface area contributed by atoms with Gasteiger partial charge in [-0.1, -0.05) is 70.4 Å². The van der Waals surface area contributed by atoms with Crippen molar-refractivity contribution >= 4 is 16.9 Å². The van der Waals surface area contributed by atoms with Crippen LogP contribution in [-0.4, -0.2) is 5.97 Å². The number of rotatable bonds is 16. The number of carbonyl (C=O) groups is 1. The third kappa shape index (κ3) is 10.3. The maximum absolute atomic E-state index is 12.1. The van der Waals surface area contributed by atoms with E-state index < -0.39 is 5.63 Å². The SMILES string of the molecule is CCCCCCCC/C=C/CCCCCCCC(=O)Oc1ccc2c(C)cc(=O)oc2c1. The van der Waals surface area contributed by atoms with E-state index in [9.17, 15) is 9.59 Å². The molecule has 4 nitrogen and oxygen atoms in total. The second-order valence-electron chi connectivity index (χ2n) is 8.71. The van der Waals surface area contributed by atoms with Crippen LogP contribution < -0.4 is 10.4 Å². The Hall–Kier alpha value is -2.36. The van der Waals surface area contributed by atoms with Crippen LogP contribution in [0.4, 0.5) is 0 Å². The summed E-state index contributed by atoms with van der Waals surface area (Å²) in [6, 6.07) is 6.63. The lowest BCUT2D eigenvalue weighted by molar-refractivity contribution is -0.134. The van der Waals surface area contributed by atoms with E-state index in [1.54, 1.807) is 12.1 Å². The zero-order valence-corrected chi connectivity index (χ0v) is 20.0. The van der Waals surface area contributed by atoms with Gasteiger partial charge in [-0.3, -0.25) is 4.79 Å². The van der Waals surface area contributed by atoms with Gasteiger partial charge in [0.05, 0.1) is 0 Å². The van der Waals surface area contributed by atoms with E-state index in [0.717, 1.165) is 36.6 Å². The minimum Gasteiger partial charge on any atom is -0.426 e. The Bertz CT molecular complexity index is 894. The number of esters is 1. The number of fused-ring (bicyclic) bond motifs is 1. The van der Waals surface area contributed by atoms with Gasteiger partial charge in [0.25, 0.3) is 0 Å². The predicted molar refractivity (Wildman–Crippen MR) is 132 cm³/mol. The van der Waals surface area contributed by atoms with Crippen LogP contribution in [0.2, 0.25) is 0 Å². The largest absolute Gasteiger partial charge is 0.426 e. The molecule has 0 saturated carbocycles. The molecule has 0 radical (unpaired) electrons. The molecule has 1 aromatic heterocycles. The van der Waals surface area contributed by atoms with E-state index >= 15 is 0 Å². The number of aryl methyl sites for hydroxylation is 1. The van der Waals surface area contributed by atoms with Crippen LogP contribution in [0.3, 0.4) is 0 Å². The number of hydrogen-bond donors (Lipinski definition) is 0. The van der Waals surface area contributed by atoms with Crippen molar-refractivity contribution < 1.29 is 13.9 Å². The van der Waals surface area contributed by atoms with Crippen LogP contribution in [0, 0.1) is 6.92 Å². The summed E-state index contributed by atoms with van der Waals surface area (Å²) in [5, 5.41) is 0.849. The van der Waals surface area contributed by atoms with Gasteiger partial charge in [0.15, 0.2) is 0 Å². The summed E-state index contributed by atoms with van der Waals surface area (Å²) in [4.78, 5) is 23.6. The highest BCUT2D eigenvalue weighted by atomic mass is 16.5. The minimum absolute atomic E-state index is 0.239. The summed E-state index contributed by atoms with van der Waals surface area (Å²) in [5.41, 5.74) is 0.899. The Morgan fingerprint density at radius 3 is 2.19 bits per heavy atom. The first-order valence-electron chi connectivity index (χ1n) is 12.5. The van der Waals surface area contributed by atoms with Gasteiger partial charge >= 0.3 is 11.6 Å². The summed E-state index contributed by atoms with van der Waals surface area (Å²) in [5.74, 6) is 0.181. The zero-order valence-electron chi connectivity index (χ0n) is 20.0. The number of unbranched alkanes of at least 4 members (excludes halogenated alkanes) is 11. The number of allylic oxidation sites excluding steroid dienone is 2. The van der Waals surface area contributed by atoms with Crippen molar-refractivity contribution in [1.29, 1.82) is 0 Å². The number of ether oxygens (including phenoxy) is 1. The second kappa shape index (κ2) is 15.4. The topological polar surface area (TPSA) is 56.5 Å². The smallest absolute Gasteiger partial charge is 0.336 e. The van der Waals surface area contributed by atoms with E-state index in [1.165, 1.54) is 63.9 Å². The van der Waals surface area contributed by atoms with Gasteiger partial charge in [-0.2, -0.15) is 0 Å². The molecule has 0 aliphatic carbocycles. The average Bonchev–Trinajstić information content (AvgIpc) is 2.76. The van der Waals surface area contributed by atoms with Crippen LogP contribution in [0.25, 0.3) is 11.0 Å². The molecule has 2 rings (SSSR count). The summed E-state index contributed by atoms with van der Waals surface area (Å²) >= 11 is 0. The molecule has 1 heterocycles. The minimum atomic E-state index is -0.397. The fourth-order valence-corrected chi connectivity index (χ4v) is 3.89. The van der Waals surface area contributed by atoms with Crippen molar-refractivity contribution in [3.8, 4) is 5.75 Å². The molecule has 0 aliphatic heterocycles. The number of benzene rings is 1. The molecule has 0 saturated heterocycles. The highest BCUT2D eigenvalue weighted by Crippen LogP contribution is 2.22. The molecular formula is C28H40O4. The molecule has 0 atom stereocenters. The van der Waals surface area contributed by atoms with Crippen LogP contribution >= 0.6 is 0 Å². The molecule has 0 aliphatic rings. The van der Waals surface area contributed by atoms with Gasteiger partial charge < -0.3 is 9.15 Å². The summed E-state index contributed by atoms with van der Waals surface area (Å²) in [7, 11) is 0. The Kier molecular flexibility index (Phi) is 12.5. The number of hydrogen-bond acceptors (Lipinski definition) is 4. The van der Waals surface area contributed by atoms with E-state index in [4.69, 9.17) is 9.15 Å². The zero-order chi connectivity index (χ0) is 23.0. The van der Waals surface area contributed by atoms with Gasteiger partial charge in [-0.15, -0.1) is 0 Å². The Balaban J connectivity index is 1.50. The van der Waals surface area contributed by atoms with E-state index in [2.05, 4.69) is 19.1 Å². The third-order valence-electron chi connectivity index (χ3n) is 5.80. The molecule has 0 N–H and O–H groups in total. The van der Waals surface area contributed by atoms with Crippen LogP contribution in [-0.2, 0) is 4.79 Å². The highest BCUT2D eigenvalue weighted by molar-refractivity contribution is 5.82. The molecule has 176 valence electrons. The van der Waals surface area contributed by atoms with Gasteiger partial charge in [-0.25, -0.2) is 4.79 Å². The summed E-state index contributed by atoms with van der Waals surface area (Å²) in [6.07, 6.45) is 21.1. The maximum atomic E-state index is 12.1. The average molecular weight is 441 g/mol.